The van der Waals surface area contributed by atoms with Gasteiger partial charge >= 0.3 is 6.18 Å². The van der Waals surface area contributed by atoms with Crippen molar-refractivity contribution in [2.75, 3.05) is 0 Å². The maximum Gasteiger partial charge on any atom is 0.416 e. The van der Waals surface area contributed by atoms with Crippen molar-refractivity contribution in [3.05, 3.63) is 11.6 Å². The molecule has 5 unspecified atom stereocenters. The van der Waals surface area contributed by atoms with E-state index in [-0.39, 0.29) is 23.4 Å². The van der Waals surface area contributed by atoms with Gasteiger partial charge in [0.25, 0.3) is 0 Å². The molecule has 3 fully saturated rings. The molecule has 0 radical (unpaired) electrons. The highest BCUT2D eigenvalue weighted by molar-refractivity contribution is 5.25. The maximum absolute atomic E-state index is 13.0. The highest BCUT2D eigenvalue weighted by Gasteiger charge is 2.58. The summed E-state index contributed by atoms with van der Waals surface area (Å²) in [6.45, 7) is 5.74. The van der Waals surface area contributed by atoms with E-state index in [2.05, 4.69) is 19.9 Å². The van der Waals surface area contributed by atoms with Crippen molar-refractivity contribution in [3.63, 3.8) is 0 Å². The molecule has 8 atom stereocenters. The lowest BCUT2D eigenvalue weighted by atomic mass is 9.47. The number of hydrogen-bond acceptors (Lipinski definition) is 2. The summed E-state index contributed by atoms with van der Waals surface area (Å²) in [5.74, 6) is 2.49. The molecule has 0 saturated heterocycles. The van der Waals surface area contributed by atoms with E-state index in [9.17, 15) is 23.4 Å². The van der Waals surface area contributed by atoms with Gasteiger partial charge in [-0.2, -0.15) is 13.2 Å². The average Bonchev–Trinajstić information content (AvgIpc) is 2.98. The van der Waals surface area contributed by atoms with Crippen LogP contribution in [-0.4, -0.2) is 28.1 Å². The molecular formula is C25H39F3O2. The minimum atomic E-state index is -4.55. The fourth-order valence-corrected chi connectivity index (χ4v) is 8.06. The fraction of sp³-hybridized carbons (Fsp3) is 0.920. The Labute approximate surface area is 179 Å². The van der Waals surface area contributed by atoms with Gasteiger partial charge in [0.05, 0.1) is 6.10 Å². The highest BCUT2D eigenvalue weighted by Crippen LogP contribution is 2.66. The van der Waals surface area contributed by atoms with Crippen LogP contribution in [-0.2, 0) is 0 Å². The van der Waals surface area contributed by atoms with E-state index in [1.807, 2.05) is 0 Å². The van der Waals surface area contributed by atoms with Crippen LogP contribution < -0.4 is 0 Å². The maximum atomic E-state index is 13.0. The van der Waals surface area contributed by atoms with Crippen LogP contribution in [0.25, 0.3) is 0 Å². The van der Waals surface area contributed by atoms with Crippen LogP contribution in [0, 0.1) is 34.5 Å². The minimum Gasteiger partial charge on any atom is -0.393 e. The number of fused-ring (bicyclic) bond motifs is 5. The SMILES string of the molecule is CC12CC[C@H](O)CC1=CCC1C2CCC2(C)[C@@H](CCCC(C)(O)C(F)(F)F)CC[C@@H]12. The number of halogens is 3. The van der Waals surface area contributed by atoms with Crippen LogP contribution in [0.3, 0.4) is 0 Å². The Bertz CT molecular complexity index is 684. The molecule has 0 bridgehead atoms. The third kappa shape index (κ3) is 3.56. The van der Waals surface area contributed by atoms with Gasteiger partial charge in [0.2, 0.25) is 0 Å². The molecular weight excluding hydrogens is 389 g/mol. The van der Waals surface area contributed by atoms with Gasteiger partial charge in [0.15, 0.2) is 5.60 Å². The molecule has 172 valence electrons. The minimum absolute atomic E-state index is 0.181. The number of alkyl halides is 3. The predicted molar refractivity (Wildman–Crippen MR) is 112 cm³/mol. The van der Waals surface area contributed by atoms with Gasteiger partial charge in [0.1, 0.15) is 0 Å². The van der Waals surface area contributed by atoms with E-state index in [0.29, 0.717) is 30.1 Å². The first-order valence-electron chi connectivity index (χ1n) is 12.1. The second-order valence-electron chi connectivity index (χ2n) is 11.6. The van der Waals surface area contributed by atoms with Crippen LogP contribution >= 0.6 is 0 Å². The molecule has 4 aliphatic rings. The quantitative estimate of drug-likeness (QED) is 0.508. The first-order chi connectivity index (χ1) is 13.9. The number of hydrogen-bond donors (Lipinski definition) is 2. The molecule has 0 spiro atoms. The van der Waals surface area contributed by atoms with Crippen LogP contribution in [0.5, 0.6) is 0 Å². The van der Waals surface area contributed by atoms with Gasteiger partial charge in [-0.1, -0.05) is 25.5 Å². The number of allylic oxidation sites excluding steroid dienone is 1. The van der Waals surface area contributed by atoms with E-state index < -0.39 is 11.8 Å². The molecule has 0 aromatic rings. The first-order valence-corrected chi connectivity index (χ1v) is 12.1. The standard InChI is InChI=1S/C25H39F3O2/c1-22-14-11-21-19(8-6-17-15-18(29)10-13-23(17,21)2)20(22)9-7-16(22)5-4-12-24(3,30)25(26,27)28/h6,16,18-21,29-30H,4-5,7-15H2,1-3H3/t16-,18-,19?,20-,21?,22?,23?,24?/m0/s1. The van der Waals surface area contributed by atoms with E-state index in [0.717, 1.165) is 45.4 Å². The molecule has 2 N–H and O–H groups in total. The number of aliphatic hydroxyl groups is 2. The third-order valence-electron chi connectivity index (χ3n) is 10.1. The molecule has 30 heavy (non-hydrogen) atoms. The Balaban J connectivity index is 1.44. The molecule has 0 aromatic heterocycles. The van der Waals surface area contributed by atoms with E-state index in [1.54, 1.807) is 0 Å². The lowest BCUT2D eigenvalue weighted by Crippen LogP contribution is -2.50. The van der Waals surface area contributed by atoms with E-state index in [4.69, 9.17) is 0 Å². The topological polar surface area (TPSA) is 40.5 Å². The van der Waals surface area contributed by atoms with Gasteiger partial charge in [-0.05, 0) is 112 Å². The van der Waals surface area contributed by atoms with Crippen molar-refractivity contribution in [1.82, 2.24) is 0 Å². The normalized spacial score (nSPS) is 45.7. The predicted octanol–water partition coefficient (Wildman–Crippen LogP) is 6.41. The largest absolute Gasteiger partial charge is 0.416 e. The summed E-state index contributed by atoms with van der Waals surface area (Å²) in [5.41, 5.74) is -0.641. The average molecular weight is 429 g/mol. The molecule has 0 heterocycles. The van der Waals surface area contributed by atoms with Gasteiger partial charge in [-0.3, -0.25) is 0 Å². The van der Waals surface area contributed by atoms with Crippen LogP contribution in [0.1, 0.15) is 91.4 Å². The second-order valence-corrected chi connectivity index (χ2v) is 11.6. The number of rotatable bonds is 4. The van der Waals surface area contributed by atoms with Crippen molar-refractivity contribution in [1.29, 1.82) is 0 Å². The molecule has 3 saturated carbocycles. The molecule has 0 aromatic carbocycles. The summed E-state index contributed by atoms with van der Waals surface area (Å²) >= 11 is 0. The fourth-order valence-electron chi connectivity index (χ4n) is 8.06. The van der Waals surface area contributed by atoms with Gasteiger partial charge in [-0.15, -0.1) is 0 Å². The van der Waals surface area contributed by atoms with Crippen LogP contribution in [0.15, 0.2) is 11.6 Å². The summed E-state index contributed by atoms with van der Waals surface area (Å²) in [5, 5.41) is 19.9. The Morgan fingerprint density at radius 2 is 1.80 bits per heavy atom. The molecule has 5 heteroatoms. The summed E-state index contributed by atoms with van der Waals surface area (Å²) in [4.78, 5) is 0. The van der Waals surface area contributed by atoms with Crippen molar-refractivity contribution < 1.29 is 23.4 Å². The lowest BCUT2D eigenvalue weighted by molar-refractivity contribution is -0.255. The molecule has 0 aliphatic heterocycles. The zero-order valence-corrected chi connectivity index (χ0v) is 18.8. The van der Waals surface area contributed by atoms with Gasteiger partial charge in [-0.25, -0.2) is 0 Å². The zero-order chi connectivity index (χ0) is 21.9. The van der Waals surface area contributed by atoms with Gasteiger partial charge in [0, 0.05) is 0 Å². The van der Waals surface area contributed by atoms with E-state index in [1.165, 1.54) is 24.8 Å². The van der Waals surface area contributed by atoms with Crippen molar-refractivity contribution in [2.45, 2.75) is 109 Å². The smallest absolute Gasteiger partial charge is 0.393 e. The summed E-state index contributed by atoms with van der Waals surface area (Å²) in [6, 6.07) is 0. The Hall–Kier alpha value is -0.550. The van der Waals surface area contributed by atoms with E-state index >= 15 is 0 Å². The second kappa shape index (κ2) is 7.50. The van der Waals surface area contributed by atoms with Crippen LogP contribution in [0.4, 0.5) is 13.2 Å². The van der Waals surface area contributed by atoms with Gasteiger partial charge < -0.3 is 10.2 Å². The lowest BCUT2D eigenvalue weighted by Gasteiger charge is -2.58. The van der Waals surface area contributed by atoms with Crippen LogP contribution in [0.2, 0.25) is 0 Å². The molecule has 4 rings (SSSR count). The van der Waals surface area contributed by atoms with Crippen molar-refractivity contribution in [2.24, 2.45) is 34.5 Å². The Kier molecular flexibility index (Phi) is 5.66. The number of aliphatic hydroxyl groups excluding tert-OH is 1. The van der Waals surface area contributed by atoms with Crippen molar-refractivity contribution >= 4 is 0 Å². The molecule has 4 aliphatic carbocycles. The third-order valence-corrected chi connectivity index (χ3v) is 10.1. The molecule has 2 nitrogen and oxygen atoms in total. The van der Waals surface area contributed by atoms with Crippen molar-refractivity contribution in [3.8, 4) is 0 Å². The summed E-state index contributed by atoms with van der Waals surface area (Å²) in [6.07, 6.45) is 7.35. The Morgan fingerprint density at radius 3 is 2.50 bits per heavy atom. The summed E-state index contributed by atoms with van der Waals surface area (Å²) < 4.78 is 39.0. The highest BCUT2D eigenvalue weighted by atomic mass is 19.4. The zero-order valence-electron chi connectivity index (χ0n) is 18.8. The Morgan fingerprint density at radius 1 is 1.07 bits per heavy atom. The first kappa shape index (κ1) is 22.6. The monoisotopic (exact) mass is 428 g/mol. The molecule has 0 amide bonds. The summed E-state index contributed by atoms with van der Waals surface area (Å²) in [7, 11) is 0.